The van der Waals surface area contributed by atoms with E-state index in [1.807, 2.05) is 42.5 Å². The molecular formula is C25H17N3O2. The molecule has 3 heterocycles. The number of furan rings is 1. The Hall–Kier alpha value is -3.99. The van der Waals surface area contributed by atoms with Gasteiger partial charge >= 0.3 is 0 Å². The third kappa shape index (κ3) is 2.45. The lowest BCUT2D eigenvalue weighted by Gasteiger charge is -2.04. The highest BCUT2D eigenvalue weighted by Gasteiger charge is 2.18. The first-order valence-corrected chi connectivity index (χ1v) is 9.29. The van der Waals surface area contributed by atoms with Gasteiger partial charge in [0.05, 0.1) is 0 Å². The monoisotopic (exact) mass is 397 g/mol. The summed E-state index contributed by atoms with van der Waals surface area (Å²) in [5.74, 6) is -0.774. The molecule has 0 amide bonds. The summed E-state index contributed by atoms with van der Waals surface area (Å²) in [7, 11) is 0. The summed E-state index contributed by atoms with van der Waals surface area (Å²) < 4.78 is 58.7. The maximum absolute atomic E-state index is 8.21. The lowest BCUT2D eigenvalue weighted by molar-refractivity contribution is 0.532. The van der Waals surface area contributed by atoms with E-state index in [1.165, 1.54) is 6.07 Å². The Morgan fingerprint density at radius 2 is 1.70 bits per heavy atom. The van der Waals surface area contributed by atoms with Crippen molar-refractivity contribution in [2.45, 2.75) is 13.7 Å². The minimum Gasteiger partial charge on any atom is -0.453 e. The number of pyridine rings is 1. The average molecular weight is 397 g/mol. The fourth-order valence-corrected chi connectivity index (χ4v) is 3.82. The number of hydrogen-bond acceptors (Lipinski definition) is 5. The lowest BCUT2D eigenvalue weighted by atomic mass is 10.0. The van der Waals surface area contributed by atoms with E-state index in [4.69, 9.17) is 17.1 Å². The summed E-state index contributed by atoms with van der Waals surface area (Å²) >= 11 is 0. The van der Waals surface area contributed by atoms with E-state index in [-0.39, 0.29) is 22.6 Å². The maximum atomic E-state index is 8.21. The molecule has 0 saturated carbocycles. The molecule has 0 radical (unpaired) electrons. The third-order valence-electron chi connectivity index (χ3n) is 5.23. The molecule has 6 rings (SSSR count). The zero-order valence-corrected chi connectivity index (χ0v) is 15.5. The van der Waals surface area contributed by atoms with E-state index >= 15 is 0 Å². The predicted octanol–water partition coefficient (Wildman–Crippen LogP) is 6.47. The average Bonchev–Trinajstić information content (AvgIpc) is 3.47. The van der Waals surface area contributed by atoms with Gasteiger partial charge in [-0.2, -0.15) is 0 Å². The number of fused-ring (bicyclic) bond motifs is 4. The number of aryl methyl sites for hydroxylation is 2. The third-order valence-corrected chi connectivity index (χ3v) is 5.23. The Labute approximate surface area is 180 Å². The van der Waals surface area contributed by atoms with Crippen LogP contribution in [0.2, 0.25) is 0 Å². The second-order valence-corrected chi connectivity index (χ2v) is 6.98. The summed E-state index contributed by atoms with van der Waals surface area (Å²) in [6, 6.07) is 18.9. The van der Waals surface area contributed by atoms with Gasteiger partial charge in [-0.3, -0.25) is 4.98 Å². The van der Waals surface area contributed by atoms with Gasteiger partial charge in [-0.05, 0) is 41.9 Å². The SMILES string of the molecule is [2H]C([2H])([2H])c1nnc(-c2ccc3c(oc4c(-c5ccc6ccccc6c5)nccc43)c2C([2H])([2H])[2H])o1. The molecule has 6 aromatic rings. The van der Waals surface area contributed by atoms with Crippen molar-refractivity contribution in [1.29, 1.82) is 0 Å². The fraction of sp³-hybridized carbons (Fsp3) is 0.0800. The molecule has 3 aromatic carbocycles. The van der Waals surface area contributed by atoms with Crippen molar-refractivity contribution in [3.05, 3.63) is 78.3 Å². The van der Waals surface area contributed by atoms with Crippen LogP contribution >= 0.6 is 0 Å². The fourth-order valence-electron chi connectivity index (χ4n) is 3.82. The van der Waals surface area contributed by atoms with Crippen molar-refractivity contribution < 1.29 is 17.1 Å². The first kappa shape index (κ1) is 11.9. The quantitative estimate of drug-likeness (QED) is 0.335. The van der Waals surface area contributed by atoms with Crippen molar-refractivity contribution in [3.8, 4) is 22.7 Å². The Kier molecular flexibility index (Phi) is 2.48. The molecule has 144 valence electrons. The van der Waals surface area contributed by atoms with Gasteiger partial charge in [0.25, 0.3) is 0 Å². The number of nitrogens with zero attached hydrogens (tertiary/aromatic N) is 3. The van der Waals surface area contributed by atoms with Gasteiger partial charge in [0.1, 0.15) is 11.3 Å². The van der Waals surface area contributed by atoms with E-state index in [1.54, 1.807) is 18.3 Å². The van der Waals surface area contributed by atoms with Gasteiger partial charge in [-0.1, -0.05) is 36.4 Å². The molecule has 0 bridgehead atoms. The van der Waals surface area contributed by atoms with Crippen LogP contribution in [-0.4, -0.2) is 15.2 Å². The predicted molar refractivity (Wildman–Crippen MR) is 117 cm³/mol. The van der Waals surface area contributed by atoms with Gasteiger partial charge in [0.2, 0.25) is 11.8 Å². The van der Waals surface area contributed by atoms with Crippen LogP contribution in [-0.2, 0) is 0 Å². The summed E-state index contributed by atoms with van der Waals surface area (Å²) in [5.41, 5.74) is 1.93. The molecule has 5 heteroatoms. The largest absolute Gasteiger partial charge is 0.453 e. The molecule has 0 spiro atoms. The zero-order valence-electron chi connectivity index (χ0n) is 21.5. The van der Waals surface area contributed by atoms with Crippen LogP contribution in [0, 0.1) is 13.7 Å². The molecular weight excluding hydrogens is 374 g/mol. The molecule has 0 unspecified atom stereocenters. The van der Waals surface area contributed by atoms with Gasteiger partial charge in [0.15, 0.2) is 5.58 Å². The van der Waals surface area contributed by atoms with Gasteiger partial charge in [0, 0.05) is 48.7 Å². The van der Waals surface area contributed by atoms with Crippen LogP contribution in [0.15, 0.2) is 75.7 Å². The number of hydrogen-bond donors (Lipinski definition) is 0. The Bertz CT molecular complexity index is 1780. The van der Waals surface area contributed by atoms with E-state index < -0.39 is 19.6 Å². The van der Waals surface area contributed by atoms with Crippen LogP contribution in [0.5, 0.6) is 0 Å². The van der Waals surface area contributed by atoms with Crippen LogP contribution < -0.4 is 0 Å². The zero-order chi connectivity index (χ0) is 25.2. The molecule has 0 N–H and O–H groups in total. The van der Waals surface area contributed by atoms with Crippen molar-refractivity contribution >= 4 is 32.7 Å². The Balaban J connectivity index is 1.61. The lowest BCUT2D eigenvalue weighted by Crippen LogP contribution is -1.84. The minimum atomic E-state index is -2.62. The highest BCUT2D eigenvalue weighted by molar-refractivity contribution is 6.10. The van der Waals surface area contributed by atoms with Crippen LogP contribution in [0.1, 0.15) is 19.7 Å². The number of aromatic nitrogens is 3. The first-order chi connectivity index (χ1) is 17.1. The number of rotatable bonds is 2. The topological polar surface area (TPSA) is 65.0 Å². The summed E-state index contributed by atoms with van der Waals surface area (Å²) in [6.07, 6.45) is 1.66. The molecule has 30 heavy (non-hydrogen) atoms. The van der Waals surface area contributed by atoms with Crippen LogP contribution in [0.4, 0.5) is 0 Å². The molecule has 3 aromatic heterocycles. The van der Waals surface area contributed by atoms with E-state index in [0.29, 0.717) is 22.0 Å². The Morgan fingerprint density at radius 1 is 0.800 bits per heavy atom. The molecule has 0 aliphatic carbocycles. The first-order valence-electron chi connectivity index (χ1n) is 12.3. The summed E-state index contributed by atoms with van der Waals surface area (Å²) in [4.78, 5) is 4.54. The van der Waals surface area contributed by atoms with E-state index in [9.17, 15) is 0 Å². The standard InChI is InChI=1S/C25H17N3O2/c1-14-19(25-28-27-15(2)29-25)9-10-20-21-11-12-26-22(24(21)30-23(14)20)18-8-7-16-5-3-4-6-17(16)13-18/h3-13H,1-2H3/i1D3,2D3. The molecule has 0 aliphatic heterocycles. The second kappa shape index (κ2) is 6.26. The highest BCUT2D eigenvalue weighted by atomic mass is 16.4. The van der Waals surface area contributed by atoms with Gasteiger partial charge < -0.3 is 8.83 Å². The minimum absolute atomic E-state index is 0.0878. The van der Waals surface area contributed by atoms with Crippen molar-refractivity contribution in [1.82, 2.24) is 15.2 Å². The summed E-state index contributed by atoms with van der Waals surface area (Å²) in [5, 5.41) is 10.8. The summed E-state index contributed by atoms with van der Waals surface area (Å²) in [6.45, 7) is -5.23. The van der Waals surface area contributed by atoms with Crippen molar-refractivity contribution in [2.24, 2.45) is 0 Å². The maximum Gasteiger partial charge on any atom is 0.248 e. The smallest absolute Gasteiger partial charge is 0.248 e. The van der Waals surface area contributed by atoms with Gasteiger partial charge in [-0.15, -0.1) is 10.2 Å². The van der Waals surface area contributed by atoms with E-state index in [0.717, 1.165) is 16.3 Å². The molecule has 0 saturated heterocycles. The number of benzene rings is 3. The molecule has 0 atom stereocenters. The normalized spacial score (nSPS) is 15.5. The van der Waals surface area contributed by atoms with Crippen LogP contribution in [0.3, 0.4) is 0 Å². The molecule has 0 aliphatic rings. The Morgan fingerprint density at radius 3 is 2.57 bits per heavy atom. The van der Waals surface area contributed by atoms with Crippen molar-refractivity contribution in [3.63, 3.8) is 0 Å². The molecule has 0 fully saturated rings. The second-order valence-electron chi connectivity index (χ2n) is 6.98. The van der Waals surface area contributed by atoms with E-state index in [2.05, 4.69) is 15.2 Å². The highest BCUT2D eigenvalue weighted by Crippen LogP contribution is 2.38. The van der Waals surface area contributed by atoms with Gasteiger partial charge in [-0.25, -0.2) is 0 Å². The molecule has 5 nitrogen and oxygen atoms in total. The van der Waals surface area contributed by atoms with Crippen molar-refractivity contribution in [2.75, 3.05) is 0 Å². The van der Waals surface area contributed by atoms with Crippen LogP contribution in [0.25, 0.3) is 55.4 Å².